The molecule has 1 aromatic carbocycles. The van der Waals surface area contributed by atoms with E-state index in [1.165, 1.54) is 6.07 Å². The Hall–Kier alpha value is -0.290. The van der Waals surface area contributed by atoms with Crippen molar-refractivity contribution in [3.8, 4) is 0 Å². The van der Waals surface area contributed by atoms with E-state index in [-0.39, 0.29) is 16.7 Å². The molecule has 20 heavy (non-hydrogen) atoms. The molecule has 1 spiro atoms. The van der Waals surface area contributed by atoms with Gasteiger partial charge in [0.2, 0.25) is 0 Å². The van der Waals surface area contributed by atoms with Crippen molar-refractivity contribution < 1.29 is 9.13 Å². The van der Waals surface area contributed by atoms with Crippen LogP contribution in [-0.4, -0.2) is 23.7 Å². The minimum Gasteiger partial charge on any atom is -0.374 e. The molecule has 5 heteroatoms. The highest BCUT2D eigenvalue weighted by Gasteiger charge is 2.42. The zero-order chi connectivity index (χ0) is 14.2. The number of benzene rings is 1. The molecule has 0 radical (unpaired) electrons. The van der Waals surface area contributed by atoms with E-state index in [9.17, 15) is 4.39 Å². The molecular formula is C15H19ClFNOS. The van der Waals surface area contributed by atoms with Crippen molar-refractivity contribution in [1.29, 1.82) is 0 Å². The van der Waals surface area contributed by atoms with Gasteiger partial charge in [0.05, 0.1) is 10.6 Å². The third-order valence-electron chi connectivity index (χ3n) is 4.45. The molecule has 2 saturated heterocycles. The van der Waals surface area contributed by atoms with E-state index in [0.29, 0.717) is 5.92 Å². The fraction of sp³-hybridized carbons (Fsp3) is 0.600. The smallest absolute Gasteiger partial charge is 0.142 e. The van der Waals surface area contributed by atoms with Crippen molar-refractivity contribution in [2.24, 2.45) is 11.7 Å². The Morgan fingerprint density at radius 2 is 2.35 bits per heavy atom. The first-order valence-corrected chi connectivity index (χ1v) is 8.56. The van der Waals surface area contributed by atoms with Gasteiger partial charge in [-0.2, -0.15) is 11.8 Å². The molecule has 2 aliphatic heterocycles. The van der Waals surface area contributed by atoms with Gasteiger partial charge in [0.15, 0.2) is 0 Å². The van der Waals surface area contributed by atoms with Crippen LogP contribution in [-0.2, 0) is 4.74 Å². The Kier molecular flexibility index (Phi) is 4.27. The second-order valence-electron chi connectivity index (χ2n) is 5.76. The van der Waals surface area contributed by atoms with E-state index >= 15 is 0 Å². The molecule has 0 bridgehead atoms. The molecule has 2 aliphatic rings. The monoisotopic (exact) mass is 315 g/mol. The summed E-state index contributed by atoms with van der Waals surface area (Å²) in [6.45, 7) is 0.742. The topological polar surface area (TPSA) is 35.2 Å². The summed E-state index contributed by atoms with van der Waals surface area (Å²) < 4.78 is 19.6. The Morgan fingerprint density at radius 3 is 3.10 bits per heavy atom. The largest absolute Gasteiger partial charge is 0.374 e. The Labute approximate surface area is 128 Å². The molecule has 3 atom stereocenters. The van der Waals surface area contributed by atoms with Gasteiger partial charge in [0, 0.05) is 18.4 Å². The highest BCUT2D eigenvalue weighted by atomic mass is 35.5. The molecular weight excluding hydrogens is 297 g/mol. The number of ether oxygens (including phenoxy) is 1. The molecule has 2 N–H and O–H groups in total. The molecule has 0 amide bonds. The zero-order valence-corrected chi connectivity index (χ0v) is 12.9. The summed E-state index contributed by atoms with van der Waals surface area (Å²) >= 11 is 8.01. The summed E-state index contributed by atoms with van der Waals surface area (Å²) in [5, 5.41) is 0.168. The molecule has 0 aromatic heterocycles. The predicted octanol–water partition coefficient (Wildman–Crippen LogP) is 3.78. The van der Waals surface area contributed by atoms with Crippen LogP contribution < -0.4 is 5.73 Å². The van der Waals surface area contributed by atoms with Crippen LogP contribution in [0.4, 0.5) is 4.39 Å². The lowest BCUT2D eigenvalue weighted by molar-refractivity contribution is -0.0834. The standard InChI is InChI=1S/C15H19ClFNOS/c16-13-11(2-1-3-12(13)17)14(18)10-4-6-19-15(8-10)5-7-20-9-15/h1-3,10,14H,4-9,18H2. The molecule has 110 valence electrons. The van der Waals surface area contributed by atoms with Crippen LogP contribution in [0.1, 0.15) is 30.9 Å². The lowest BCUT2D eigenvalue weighted by atomic mass is 9.79. The summed E-state index contributed by atoms with van der Waals surface area (Å²) in [6, 6.07) is 4.67. The van der Waals surface area contributed by atoms with Crippen LogP contribution in [0.3, 0.4) is 0 Å². The number of halogens is 2. The minimum atomic E-state index is -0.391. The van der Waals surface area contributed by atoms with Gasteiger partial charge < -0.3 is 10.5 Å². The summed E-state index contributed by atoms with van der Waals surface area (Å²) in [6.07, 6.45) is 2.96. The second-order valence-corrected chi connectivity index (χ2v) is 7.24. The summed E-state index contributed by atoms with van der Waals surface area (Å²) in [5.41, 5.74) is 7.09. The van der Waals surface area contributed by atoms with Gasteiger partial charge in [-0.05, 0) is 42.6 Å². The maximum absolute atomic E-state index is 13.6. The Balaban J connectivity index is 1.79. The molecule has 3 unspecified atom stereocenters. The molecule has 2 fully saturated rings. The van der Waals surface area contributed by atoms with Gasteiger partial charge in [-0.3, -0.25) is 0 Å². The van der Waals surface area contributed by atoms with E-state index in [1.807, 2.05) is 17.8 Å². The van der Waals surface area contributed by atoms with E-state index in [1.54, 1.807) is 6.07 Å². The maximum atomic E-state index is 13.6. The van der Waals surface area contributed by atoms with Gasteiger partial charge in [0.25, 0.3) is 0 Å². The number of rotatable bonds is 2. The minimum absolute atomic E-state index is 0.00892. The van der Waals surface area contributed by atoms with Gasteiger partial charge in [-0.1, -0.05) is 23.7 Å². The van der Waals surface area contributed by atoms with Crippen LogP contribution in [0.15, 0.2) is 18.2 Å². The number of hydrogen-bond donors (Lipinski definition) is 1. The quantitative estimate of drug-likeness (QED) is 0.902. The average molecular weight is 316 g/mol. The normalized spacial score (nSPS) is 31.6. The fourth-order valence-electron chi connectivity index (χ4n) is 3.27. The molecule has 1 aromatic rings. The molecule has 2 nitrogen and oxygen atoms in total. The molecule has 0 saturated carbocycles. The predicted molar refractivity (Wildman–Crippen MR) is 81.7 cm³/mol. The SMILES string of the molecule is NC(c1cccc(F)c1Cl)C1CCOC2(CCSC2)C1. The highest BCUT2D eigenvalue weighted by Crippen LogP contribution is 2.44. The van der Waals surface area contributed by atoms with E-state index in [0.717, 1.165) is 42.9 Å². The zero-order valence-electron chi connectivity index (χ0n) is 11.3. The summed E-state index contributed by atoms with van der Waals surface area (Å²) in [4.78, 5) is 0. The third-order valence-corrected chi connectivity index (χ3v) is 6.07. The average Bonchev–Trinajstić information content (AvgIpc) is 2.89. The van der Waals surface area contributed by atoms with Crippen molar-refractivity contribution in [3.63, 3.8) is 0 Å². The van der Waals surface area contributed by atoms with Gasteiger partial charge >= 0.3 is 0 Å². The molecule has 0 aliphatic carbocycles. The van der Waals surface area contributed by atoms with Crippen LogP contribution in [0.5, 0.6) is 0 Å². The first kappa shape index (κ1) is 14.6. The van der Waals surface area contributed by atoms with Gasteiger partial charge in [0.1, 0.15) is 5.82 Å². The van der Waals surface area contributed by atoms with Crippen LogP contribution in [0.2, 0.25) is 5.02 Å². The van der Waals surface area contributed by atoms with Crippen molar-refractivity contribution in [2.45, 2.75) is 30.9 Å². The first-order chi connectivity index (χ1) is 9.61. The highest BCUT2D eigenvalue weighted by molar-refractivity contribution is 7.99. The summed E-state index contributed by atoms with van der Waals surface area (Å²) in [7, 11) is 0. The number of thioether (sulfide) groups is 1. The third kappa shape index (κ3) is 2.71. The van der Waals surface area contributed by atoms with Crippen LogP contribution in [0.25, 0.3) is 0 Å². The Morgan fingerprint density at radius 1 is 1.50 bits per heavy atom. The van der Waals surface area contributed by atoms with Crippen molar-refractivity contribution in [1.82, 2.24) is 0 Å². The van der Waals surface area contributed by atoms with E-state index < -0.39 is 5.82 Å². The maximum Gasteiger partial charge on any atom is 0.142 e. The Bertz CT molecular complexity index is 493. The summed E-state index contributed by atoms with van der Waals surface area (Å²) in [5.74, 6) is 2.12. The van der Waals surface area contributed by atoms with Crippen molar-refractivity contribution >= 4 is 23.4 Å². The number of nitrogens with two attached hydrogens (primary N) is 1. The van der Waals surface area contributed by atoms with Crippen molar-refractivity contribution in [2.75, 3.05) is 18.1 Å². The second kappa shape index (κ2) is 5.84. The van der Waals surface area contributed by atoms with E-state index in [4.69, 9.17) is 22.1 Å². The number of hydrogen-bond acceptors (Lipinski definition) is 3. The van der Waals surface area contributed by atoms with Crippen LogP contribution >= 0.6 is 23.4 Å². The van der Waals surface area contributed by atoms with Crippen molar-refractivity contribution in [3.05, 3.63) is 34.6 Å². The lowest BCUT2D eigenvalue weighted by Gasteiger charge is -2.40. The van der Waals surface area contributed by atoms with Gasteiger partial charge in [-0.15, -0.1) is 0 Å². The van der Waals surface area contributed by atoms with E-state index in [2.05, 4.69) is 0 Å². The first-order valence-electron chi connectivity index (χ1n) is 7.02. The molecule has 2 heterocycles. The van der Waals surface area contributed by atoms with Crippen LogP contribution in [0, 0.1) is 11.7 Å². The molecule has 3 rings (SSSR count). The lowest BCUT2D eigenvalue weighted by Crippen LogP contribution is -2.42. The van der Waals surface area contributed by atoms with Gasteiger partial charge in [-0.25, -0.2) is 4.39 Å². The fourth-order valence-corrected chi connectivity index (χ4v) is 4.90.